The Bertz CT molecular complexity index is 445. The topological polar surface area (TPSA) is 6.48 Å². The van der Waals surface area contributed by atoms with Gasteiger partial charge in [0.25, 0.3) is 0 Å². The molecule has 0 saturated carbocycles. The fourth-order valence-electron chi connectivity index (χ4n) is 2.74. The number of hydrogen-bond acceptors (Lipinski definition) is 2. The summed E-state index contributed by atoms with van der Waals surface area (Å²) in [5.74, 6) is 0. The zero-order chi connectivity index (χ0) is 14.2. The summed E-state index contributed by atoms with van der Waals surface area (Å²) in [6, 6.07) is 7.60. The minimum atomic E-state index is 0.235. The predicted octanol–water partition coefficient (Wildman–Crippen LogP) is 3.43. The number of aryl methyl sites for hydroxylation is 1. The third-order valence-corrected chi connectivity index (χ3v) is 4.36. The molecule has 19 heavy (non-hydrogen) atoms. The lowest BCUT2D eigenvalue weighted by Gasteiger charge is -2.39. The number of piperazine rings is 1. The van der Waals surface area contributed by atoms with Gasteiger partial charge in [-0.25, -0.2) is 0 Å². The molecule has 0 spiro atoms. The van der Waals surface area contributed by atoms with Crippen molar-refractivity contribution in [3.05, 3.63) is 29.3 Å². The highest BCUT2D eigenvalue weighted by Gasteiger charge is 2.22. The molecule has 1 heterocycles. The molecule has 0 bridgehead atoms. The third-order valence-electron chi connectivity index (χ3n) is 4.36. The fraction of sp³-hybridized carbons (Fsp3) is 0.647. The van der Waals surface area contributed by atoms with E-state index in [1.165, 1.54) is 16.8 Å². The van der Waals surface area contributed by atoms with E-state index in [2.05, 4.69) is 69.7 Å². The fourth-order valence-corrected chi connectivity index (χ4v) is 2.74. The van der Waals surface area contributed by atoms with Crippen LogP contribution in [0.1, 0.15) is 38.8 Å². The average Bonchev–Trinajstić information content (AvgIpc) is 2.31. The molecule has 1 atom stereocenters. The SMILES string of the molecule is Cc1cc(C(C)(C)C)ccc1N1CCN(C)[C@H](C)C1. The lowest BCUT2D eigenvalue weighted by molar-refractivity contribution is 0.234. The van der Waals surface area contributed by atoms with Gasteiger partial charge in [0.1, 0.15) is 0 Å². The van der Waals surface area contributed by atoms with Crippen molar-refractivity contribution in [1.29, 1.82) is 0 Å². The average molecular weight is 260 g/mol. The monoisotopic (exact) mass is 260 g/mol. The summed E-state index contributed by atoms with van der Waals surface area (Å²) in [5.41, 5.74) is 4.48. The second-order valence-corrected chi connectivity index (χ2v) is 7.03. The Morgan fingerprint density at radius 2 is 1.84 bits per heavy atom. The molecular formula is C17H28N2. The molecule has 0 radical (unpaired) electrons. The standard InChI is InChI=1S/C17H28N2/c1-13-11-15(17(3,4)5)7-8-16(13)19-10-9-18(6)14(2)12-19/h7-8,11,14H,9-10,12H2,1-6H3/t14-/m1/s1. The molecular weight excluding hydrogens is 232 g/mol. The van der Waals surface area contributed by atoms with E-state index in [-0.39, 0.29) is 5.41 Å². The van der Waals surface area contributed by atoms with E-state index in [1.807, 2.05) is 0 Å². The van der Waals surface area contributed by atoms with Crippen LogP contribution >= 0.6 is 0 Å². The van der Waals surface area contributed by atoms with Crippen molar-refractivity contribution in [2.24, 2.45) is 0 Å². The second-order valence-electron chi connectivity index (χ2n) is 7.03. The van der Waals surface area contributed by atoms with Gasteiger partial charge in [-0.05, 0) is 43.5 Å². The van der Waals surface area contributed by atoms with Gasteiger partial charge in [0.2, 0.25) is 0 Å². The van der Waals surface area contributed by atoms with E-state index in [1.54, 1.807) is 0 Å². The summed E-state index contributed by atoms with van der Waals surface area (Å²) in [6.45, 7) is 14.8. The van der Waals surface area contributed by atoms with Gasteiger partial charge in [-0.15, -0.1) is 0 Å². The molecule has 1 fully saturated rings. The van der Waals surface area contributed by atoms with Crippen LogP contribution in [0.25, 0.3) is 0 Å². The van der Waals surface area contributed by atoms with Crippen LogP contribution in [-0.2, 0) is 5.41 Å². The van der Waals surface area contributed by atoms with Gasteiger partial charge in [0.15, 0.2) is 0 Å². The van der Waals surface area contributed by atoms with Crippen LogP contribution in [0, 0.1) is 6.92 Å². The van der Waals surface area contributed by atoms with Crippen molar-refractivity contribution < 1.29 is 0 Å². The Balaban J connectivity index is 2.22. The molecule has 2 heteroatoms. The van der Waals surface area contributed by atoms with Crippen LogP contribution in [0.3, 0.4) is 0 Å². The van der Waals surface area contributed by atoms with Crippen LogP contribution in [0.4, 0.5) is 5.69 Å². The van der Waals surface area contributed by atoms with Crippen molar-refractivity contribution in [2.45, 2.75) is 46.1 Å². The van der Waals surface area contributed by atoms with Crippen molar-refractivity contribution in [1.82, 2.24) is 4.90 Å². The second kappa shape index (κ2) is 5.16. The number of benzene rings is 1. The Kier molecular flexibility index (Phi) is 3.91. The van der Waals surface area contributed by atoms with E-state index >= 15 is 0 Å². The zero-order valence-electron chi connectivity index (χ0n) is 13.3. The number of nitrogens with zero attached hydrogens (tertiary/aromatic N) is 2. The highest BCUT2D eigenvalue weighted by molar-refractivity contribution is 5.55. The number of anilines is 1. The lowest BCUT2D eigenvalue weighted by Crippen LogP contribution is -2.50. The Labute approximate surface area is 118 Å². The van der Waals surface area contributed by atoms with Crippen LogP contribution in [0.5, 0.6) is 0 Å². The highest BCUT2D eigenvalue weighted by atomic mass is 15.3. The minimum Gasteiger partial charge on any atom is -0.368 e. The molecule has 106 valence electrons. The molecule has 0 aromatic heterocycles. The molecule has 1 aliphatic rings. The van der Waals surface area contributed by atoms with Crippen molar-refractivity contribution in [3.63, 3.8) is 0 Å². The highest BCUT2D eigenvalue weighted by Crippen LogP contribution is 2.29. The summed E-state index contributed by atoms with van der Waals surface area (Å²) in [6.07, 6.45) is 0. The van der Waals surface area contributed by atoms with E-state index in [4.69, 9.17) is 0 Å². The van der Waals surface area contributed by atoms with Gasteiger partial charge in [-0.1, -0.05) is 32.9 Å². The van der Waals surface area contributed by atoms with Crippen molar-refractivity contribution in [2.75, 3.05) is 31.6 Å². The Morgan fingerprint density at radius 1 is 1.16 bits per heavy atom. The number of hydrogen-bond donors (Lipinski definition) is 0. The van der Waals surface area contributed by atoms with Crippen LogP contribution in [-0.4, -0.2) is 37.6 Å². The summed E-state index contributed by atoms with van der Waals surface area (Å²) < 4.78 is 0. The number of rotatable bonds is 1. The molecule has 0 aliphatic carbocycles. The molecule has 1 saturated heterocycles. The third kappa shape index (κ3) is 3.11. The Hall–Kier alpha value is -1.02. The maximum atomic E-state index is 2.53. The summed E-state index contributed by atoms with van der Waals surface area (Å²) >= 11 is 0. The van der Waals surface area contributed by atoms with Crippen LogP contribution in [0.2, 0.25) is 0 Å². The molecule has 1 aromatic rings. The maximum Gasteiger partial charge on any atom is 0.0397 e. The molecule has 2 rings (SSSR count). The van der Waals surface area contributed by atoms with Gasteiger partial charge in [-0.2, -0.15) is 0 Å². The molecule has 2 nitrogen and oxygen atoms in total. The zero-order valence-corrected chi connectivity index (χ0v) is 13.3. The minimum absolute atomic E-state index is 0.235. The largest absolute Gasteiger partial charge is 0.368 e. The number of likely N-dealkylation sites (N-methyl/N-ethyl adjacent to an activating group) is 1. The predicted molar refractivity (Wildman–Crippen MR) is 84.2 cm³/mol. The molecule has 0 amide bonds. The first kappa shape index (κ1) is 14.4. The van der Waals surface area contributed by atoms with Crippen LogP contribution < -0.4 is 4.90 Å². The van der Waals surface area contributed by atoms with E-state index in [9.17, 15) is 0 Å². The Morgan fingerprint density at radius 3 is 2.37 bits per heavy atom. The van der Waals surface area contributed by atoms with Gasteiger partial charge in [-0.3, -0.25) is 0 Å². The molecule has 0 N–H and O–H groups in total. The van der Waals surface area contributed by atoms with Gasteiger partial charge in [0.05, 0.1) is 0 Å². The van der Waals surface area contributed by atoms with E-state index < -0.39 is 0 Å². The molecule has 0 unspecified atom stereocenters. The first-order valence-corrected chi connectivity index (χ1v) is 7.35. The summed E-state index contributed by atoms with van der Waals surface area (Å²) in [5, 5.41) is 0. The summed E-state index contributed by atoms with van der Waals surface area (Å²) in [4.78, 5) is 4.97. The molecule has 1 aromatic carbocycles. The molecule has 1 aliphatic heterocycles. The normalized spacial score (nSPS) is 21.8. The smallest absolute Gasteiger partial charge is 0.0397 e. The maximum absolute atomic E-state index is 2.53. The summed E-state index contributed by atoms with van der Waals surface area (Å²) in [7, 11) is 2.22. The van der Waals surface area contributed by atoms with E-state index in [0.29, 0.717) is 6.04 Å². The van der Waals surface area contributed by atoms with Gasteiger partial charge in [0, 0.05) is 31.4 Å². The van der Waals surface area contributed by atoms with Crippen LogP contribution in [0.15, 0.2) is 18.2 Å². The first-order chi connectivity index (χ1) is 8.79. The van der Waals surface area contributed by atoms with Crippen molar-refractivity contribution in [3.8, 4) is 0 Å². The lowest BCUT2D eigenvalue weighted by atomic mass is 9.86. The van der Waals surface area contributed by atoms with Crippen molar-refractivity contribution >= 4 is 5.69 Å². The van der Waals surface area contributed by atoms with Gasteiger partial charge >= 0.3 is 0 Å². The van der Waals surface area contributed by atoms with Gasteiger partial charge < -0.3 is 9.80 Å². The first-order valence-electron chi connectivity index (χ1n) is 7.35. The van der Waals surface area contributed by atoms with E-state index in [0.717, 1.165) is 19.6 Å². The quantitative estimate of drug-likeness (QED) is 0.763.